The Morgan fingerprint density at radius 1 is 1.00 bits per heavy atom. The van der Waals surface area contributed by atoms with Crippen molar-refractivity contribution in [3.05, 3.63) is 24.3 Å². The Bertz CT molecular complexity index is 575. The lowest BCUT2D eigenvalue weighted by molar-refractivity contribution is -0.0638. The average Bonchev–Trinajstić information content (AvgIpc) is 2.73. The monoisotopic (exact) mass is 338 g/mol. The lowest BCUT2D eigenvalue weighted by Gasteiger charge is -2.61. The number of allylic oxidation sites excluding steroid dienone is 3. The molecule has 0 spiro atoms. The second-order valence-corrected chi connectivity index (χ2v) is 9.36. The van der Waals surface area contributed by atoms with Crippen molar-refractivity contribution in [2.75, 3.05) is 0 Å². The minimum atomic E-state index is -0.656. The Balaban J connectivity index is 1.78. The van der Waals surface area contributed by atoms with E-state index in [1.807, 2.05) is 6.08 Å². The molecule has 0 aromatic heterocycles. The smallest absolute Gasteiger partial charge is 0.0855 e. The SMILES string of the molecule is C[C@]12C=CC(O)CC1C=C[C@H]1[C@@H]3CC(O)C(O)[C@@]3(C)CC[C@]12Cl. The van der Waals surface area contributed by atoms with E-state index in [0.29, 0.717) is 6.42 Å². The average molecular weight is 339 g/mol. The van der Waals surface area contributed by atoms with Crippen molar-refractivity contribution in [1.29, 1.82) is 0 Å². The number of aliphatic hydroxyl groups is 3. The van der Waals surface area contributed by atoms with Crippen LogP contribution in [0.1, 0.15) is 39.5 Å². The zero-order chi connectivity index (χ0) is 16.6. The lowest BCUT2D eigenvalue weighted by atomic mass is 9.48. The highest BCUT2D eigenvalue weighted by Gasteiger charge is 2.66. The minimum absolute atomic E-state index is 0.149. The van der Waals surface area contributed by atoms with Crippen molar-refractivity contribution >= 4 is 11.6 Å². The largest absolute Gasteiger partial charge is 0.390 e. The van der Waals surface area contributed by atoms with Crippen molar-refractivity contribution in [3.63, 3.8) is 0 Å². The van der Waals surface area contributed by atoms with Crippen molar-refractivity contribution < 1.29 is 15.3 Å². The first-order chi connectivity index (χ1) is 10.7. The van der Waals surface area contributed by atoms with Gasteiger partial charge in [0.25, 0.3) is 0 Å². The predicted molar refractivity (Wildman–Crippen MR) is 90.0 cm³/mol. The van der Waals surface area contributed by atoms with Gasteiger partial charge >= 0.3 is 0 Å². The Morgan fingerprint density at radius 2 is 1.74 bits per heavy atom. The highest BCUT2D eigenvalue weighted by atomic mass is 35.5. The van der Waals surface area contributed by atoms with Gasteiger partial charge in [-0.1, -0.05) is 38.2 Å². The van der Waals surface area contributed by atoms with Crippen LogP contribution in [-0.4, -0.2) is 38.5 Å². The number of alkyl halides is 1. The molecule has 4 heteroatoms. The van der Waals surface area contributed by atoms with E-state index in [-0.39, 0.29) is 28.6 Å². The van der Waals surface area contributed by atoms with E-state index in [4.69, 9.17) is 11.6 Å². The Hall–Kier alpha value is -0.350. The summed E-state index contributed by atoms with van der Waals surface area (Å²) in [7, 11) is 0. The van der Waals surface area contributed by atoms with Gasteiger partial charge in [0, 0.05) is 11.3 Å². The van der Waals surface area contributed by atoms with Crippen LogP contribution in [0.4, 0.5) is 0 Å². The van der Waals surface area contributed by atoms with Gasteiger partial charge in [-0.25, -0.2) is 0 Å². The number of aliphatic hydroxyl groups excluding tert-OH is 3. The van der Waals surface area contributed by atoms with Gasteiger partial charge in [0.2, 0.25) is 0 Å². The summed E-state index contributed by atoms with van der Waals surface area (Å²) in [6.45, 7) is 4.33. The molecule has 23 heavy (non-hydrogen) atoms. The molecule has 0 heterocycles. The van der Waals surface area contributed by atoms with E-state index in [2.05, 4.69) is 32.1 Å². The molecular formula is C19H27ClO3. The third-order valence-electron chi connectivity index (χ3n) is 7.75. The van der Waals surface area contributed by atoms with Gasteiger partial charge < -0.3 is 15.3 Å². The summed E-state index contributed by atoms with van der Waals surface area (Å²) in [6.07, 6.45) is 9.77. The quantitative estimate of drug-likeness (QED) is 0.470. The topological polar surface area (TPSA) is 60.7 Å². The van der Waals surface area contributed by atoms with E-state index in [0.717, 1.165) is 19.3 Å². The summed E-state index contributed by atoms with van der Waals surface area (Å²) in [5.74, 6) is 0.598. The molecule has 3 nitrogen and oxygen atoms in total. The van der Waals surface area contributed by atoms with Crippen LogP contribution in [-0.2, 0) is 0 Å². The van der Waals surface area contributed by atoms with Crippen LogP contribution < -0.4 is 0 Å². The summed E-state index contributed by atoms with van der Waals surface area (Å²) in [4.78, 5) is -0.406. The first-order valence-electron chi connectivity index (χ1n) is 8.83. The number of fused-ring (bicyclic) bond motifs is 5. The van der Waals surface area contributed by atoms with E-state index >= 15 is 0 Å². The molecule has 0 saturated heterocycles. The molecule has 4 aliphatic carbocycles. The van der Waals surface area contributed by atoms with Crippen molar-refractivity contribution in [2.45, 2.75) is 62.7 Å². The molecule has 0 aromatic carbocycles. The Kier molecular flexibility index (Phi) is 3.40. The van der Waals surface area contributed by atoms with E-state index in [1.165, 1.54) is 0 Å². The maximum Gasteiger partial charge on any atom is 0.0855 e. The first kappa shape index (κ1) is 16.1. The highest BCUT2D eigenvalue weighted by molar-refractivity contribution is 6.25. The first-order valence-corrected chi connectivity index (χ1v) is 9.21. The minimum Gasteiger partial charge on any atom is -0.390 e. The second kappa shape index (κ2) is 4.85. The van der Waals surface area contributed by atoms with Gasteiger partial charge in [0.15, 0.2) is 0 Å². The van der Waals surface area contributed by atoms with Gasteiger partial charge in [0.05, 0.1) is 23.2 Å². The third kappa shape index (κ3) is 1.88. The predicted octanol–water partition coefficient (Wildman–Crippen LogP) is 2.64. The number of hydrogen-bond donors (Lipinski definition) is 3. The molecule has 9 atom stereocenters. The van der Waals surface area contributed by atoms with Crippen LogP contribution in [0, 0.1) is 28.6 Å². The van der Waals surface area contributed by atoms with E-state index < -0.39 is 23.2 Å². The fourth-order valence-electron chi connectivity index (χ4n) is 6.06. The van der Waals surface area contributed by atoms with Crippen LogP contribution in [0.15, 0.2) is 24.3 Å². The number of hydrogen-bond acceptors (Lipinski definition) is 3. The van der Waals surface area contributed by atoms with Crippen molar-refractivity contribution in [3.8, 4) is 0 Å². The normalized spacial score (nSPS) is 61.0. The zero-order valence-electron chi connectivity index (χ0n) is 13.8. The van der Waals surface area contributed by atoms with Gasteiger partial charge in [-0.05, 0) is 42.9 Å². The van der Waals surface area contributed by atoms with Crippen LogP contribution in [0.5, 0.6) is 0 Å². The molecule has 0 bridgehead atoms. The number of halogens is 1. The van der Waals surface area contributed by atoms with E-state index in [1.54, 1.807) is 0 Å². The Morgan fingerprint density at radius 3 is 2.48 bits per heavy atom. The fourth-order valence-corrected chi connectivity index (χ4v) is 6.58. The number of rotatable bonds is 0. The molecule has 4 rings (SSSR count). The molecule has 0 radical (unpaired) electrons. The molecule has 0 aromatic rings. The van der Waals surface area contributed by atoms with Gasteiger partial charge in [-0.3, -0.25) is 0 Å². The lowest BCUT2D eigenvalue weighted by Crippen LogP contribution is -2.60. The van der Waals surface area contributed by atoms with Crippen molar-refractivity contribution in [1.82, 2.24) is 0 Å². The molecule has 2 fully saturated rings. The molecule has 3 N–H and O–H groups in total. The molecule has 0 amide bonds. The molecular weight excluding hydrogens is 312 g/mol. The van der Waals surface area contributed by atoms with Gasteiger partial charge in [-0.2, -0.15) is 0 Å². The summed E-state index contributed by atoms with van der Waals surface area (Å²) in [5.41, 5.74) is -0.444. The molecule has 4 aliphatic rings. The van der Waals surface area contributed by atoms with Gasteiger partial charge in [0.1, 0.15) is 0 Å². The van der Waals surface area contributed by atoms with Crippen LogP contribution in [0.2, 0.25) is 0 Å². The molecule has 2 saturated carbocycles. The third-order valence-corrected chi connectivity index (χ3v) is 8.60. The standard InChI is InChI=1S/C19H27ClO3/c1-17-7-8-19(20)13(14(17)10-15(22)16(17)23)4-3-11-9-12(21)5-6-18(11,19)2/h3-6,11-16,21-23H,7-10H2,1-2H3/t11?,12?,13-,14-,15?,16?,17-,18-,19-/m0/s1. The van der Waals surface area contributed by atoms with Crippen LogP contribution >= 0.6 is 11.6 Å². The molecule has 128 valence electrons. The van der Waals surface area contributed by atoms with Crippen molar-refractivity contribution in [2.24, 2.45) is 28.6 Å². The molecule has 4 unspecified atom stereocenters. The van der Waals surface area contributed by atoms with E-state index in [9.17, 15) is 15.3 Å². The Labute approximate surface area is 143 Å². The highest BCUT2D eigenvalue weighted by Crippen LogP contribution is 2.67. The van der Waals surface area contributed by atoms with Crippen LogP contribution in [0.3, 0.4) is 0 Å². The maximum atomic E-state index is 10.5. The van der Waals surface area contributed by atoms with Gasteiger partial charge in [-0.15, -0.1) is 11.6 Å². The summed E-state index contributed by atoms with van der Waals surface area (Å²) in [5, 5.41) is 30.7. The fraction of sp³-hybridized carbons (Fsp3) is 0.789. The zero-order valence-corrected chi connectivity index (χ0v) is 14.6. The van der Waals surface area contributed by atoms with Crippen LogP contribution in [0.25, 0.3) is 0 Å². The maximum absolute atomic E-state index is 10.5. The summed E-state index contributed by atoms with van der Waals surface area (Å²) >= 11 is 7.32. The molecule has 0 aliphatic heterocycles. The second-order valence-electron chi connectivity index (χ2n) is 8.68. The summed E-state index contributed by atoms with van der Waals surface area (Å²) in [6, 6.07) is 0. The summed E-state index contributed by atoms with van der Waals surface area (Å²) < 4.78 is 0.